The number of halogens is 2. The predicted octanol–water partition coefficient (Wildman–Crippen LogP) is 3.64. The minimum Gasteiger partial charge on any atom is -0.341 e. The first kappa shape index (κ1) is 15.1. The maximum atomic E-state index is 12.2. The Bertz CT molecular complexity index is 684. The molecule has 1 saturated heterocycles. The van der Waals surface area contributed by atoms with E-state index >= 15 is 0 Å². The monoisotopic (exact) mass is 336 g/mol. The molecule has 0 saturated carbocycles. The predicted molar refractivity (Wildman–Crippen MR) is 87.9 cm³/mol. The molecule has 1 aromatic carbocycles. The van der Waals surface area contributed by atoms with Crippen molar-refractivity contribution in [2.24, 2.45) is 0 Å². The molecule has 2 heterocycles. The molecular formula is C15H14Cl2N4O. The molecule has 1 fully saturated rings. The molecule has 1 aliphatic heterocycles. The topological polar surface area (TPSA) is 58.1 Å². The summed E-state index contributed by atoms with van der Waals surface area (Å²) >= 11 is 11.9. The summed E-state index contributed by atoms with van der Waals surface area (Å²) in [5.74, 6) is 0.357. The minimum absolute atomic E-state index is 0.308. The average molecular weight is 337 g/mol. The third-order valence-corrected chi connectivity index (χ3v) is 4.02. The molecule has 0 unspecified atom stereocenters. The van der Waals surface area contributed by atoms with Crippen LogP contribution in [0.3, 0.4) is 0 Å². The Morgan fingerprint density at radius 3 is 2.45 bits per heavy atom. The molecule has 0 radical (unpaired) electrons. The van der Waals surface area contributed by atoms with Gasteiger partial charge in [-0.3, -0.25) is 4.79 Å². The van der Waals surface area contributed by atoms with E-state index < -0.39 is 0 Å². The highest BCUT2D eigenvalue weighted by molar-refractivity contribution is 6.36. The van der Waals surface area contributed by atoms with Gasteiger partial charge in [0.05, 0.1) is 16.3 Å². The molecule has 1 N–H and O–H groups in total. The Morgan fingerprint density at radius 2 is 1.82 bits per heavy atom. The average Bonchev–Trinajstić information content (AvgIpc) is 3.04. The molecular weight excluding hydrogens is 323 g/mol. The number of anilines is 2. The lowest BCUT2D eigenvalue weighted by atomic mass is 10.2. The number of amides is 1. The number of carbonyl (C=O) groups is 1. The van der Waals surface area contributed by atoms with Gasteiger partial charge in [-0.1, -0.05) is 23.2 Å². The van der Waals surface area contributed by atoms with Crippen LogP contribution >= 0.6 is 23.2 Å². The van der Waals surface area contributed by atoms with E-state index in [2.05, 4.69) is 20.2 Å². The summed E-state index contributed by atoms with van der Waals surface area (Å²) in [6.45, 7) is 1.93. The fourth-order valence-corrected chi connectivity index (χ4v) is 2.76. The van der Waals surface area contributed by atoms with Crippen molar-refractivity contribution in [3.63, 3.8) is 0 Å². The van der Waals surface area contributed by atoms with Crippen LogP contribution in [0, 0.1) is 0 Å². The van der Waals surface area contributed by atoms with Gasteiger partial charge in [-0.05, 0) is 31.0 Å². The van der Waals surface area contributed by atoms with Crippen LogP contribution in [0.15, 0.2) is 30.6 Å². The molecule has 0 spiro atoms. The number of nitrogens with zero attached hydrogens (tertiary/aromatic N) is 3. The van der Waals surface area contributed by atoms with Crippen LogP contribution < -0.4 is 10.2 Å². The van der Waals surface area contributed by atoms with Gasteiger partial charge in [-0.25, -0.2) is 9.97 Å². The second-order valence-electron chi connectivity index (χ2n) is 5.04. The summed E-state index contributed by atoms with van der Waals surface area (Å²) in [5.41, 5.74) is 0.883. The van der Waals surface area contributed by atoms with Crippen molar-refractivity contribution in [2.45, 2.75) is 12.8 Å². The zero-order valence-corrected chi connectivity index (χ0v) is 13.2. The van der Waals surface area contributed by atoms with Crippen LogP contribution in [0.25, 0.3) is 0 Å². The van der Waals surface area contributed by atoms with E-state index in [0.717, 1.165) is 25.9 Å². The number of hydrogen-bond donors (Lipinski definition) is 1. The molecule has 0 atom stereocenters. The van der Waals surface area contributed by atoms with Crippen molar-refractivity contribution in [3.05, 3.63) is 46.2 Å². The molecule has 1 aromatic heterocycles. The number of hydrogen-bond acceptors (Lipinski definition) is 4. The summed E-state index contributed by atoms with van der Waals surface area (Å²) < 4.78 is 0. The largest absolute Gasteiger partial charge is 0.341 e. The van der Waals surface area contributed by atoms with E-state index in [4.69, 9.17) is 23.2 Å². The van der Waals surface area contributed by atoms with E-state index in [-0.39, 0.29) is 5.91 Å². The summed E-state index contributed by atoms with van der Waals surface area (Å²) in [4.78, 5) is 22.8. The highest BCUT2D eigenvalue weighted by Gasteiger charge is 2.16. The second kappa shape index (κ2) is 6.50. The molecule has 1 aliphatic rings. The molecule has 22 heavy (non-hydrogen) atoms. The molecule has 1 amide bonds. The SMILES string of the molecule is O=C(Nc1ccc(Cl)cc1Cl)c1cnc(N2CCCC2)nc1. The summed E-state index contributed by atoms with van der Waals surface area (Å²) in [6, 6.07) is 4.89. The zero-order chi connectivity index (χ0) is 15.5. The van der Waals surface area contributed by atoms with Crippen LogP contribution in [0.2, 0.25) is 10.0 Å². The first-order valence-electron chi connectivity index (χ1n) is 6.97. The van der Waals surface area contributed by atoms with E-state index in [1.54, 1.807) is 18.2 Å². The Hall–Kier alpha value is -1.85. The molecule has 3 rings (SSSR count). The molecule has 0 aliphatic carbocycles. The van der Waals surface area contributed by atoms with E-state index in [0.29, 0.717) is 27.2 Å². The first-order valence-corrected chi connectivity index (χ1v) is 7.72. The molecule has 5 nitrogen and oxygen atoms in total. The van der Waals surface area contributed by atoms with Crippen molar-refractivity contribution < 1.29 is 4.79 Å². The fourth-order valence-electron chi connectivity index (χ4n) is 2.30. The number of rotatable bonds is 3. The third-order valence-electron chi connectivity index (χ3n) is 3.47. The van der Waals surface area contributed by atoms with Gasteiger partial charge in [0.15, 0.2) is 0 Å². The smallest absolute Gasteiger partial charge is 0.258 e. The van der Waals surface area contributed by atoms with Crippen molar-refractivity contribution in [1.29, 1.82) is 0 Å². The van der Waals surface area contributed by atoms with Gasteiger partial charge in [0.25, 0.3) is 5.91 Å². The Kier molecular flexibility index (Phi) is 4.45. The van der Waals surface area contributed by atoms with Gasteiger partial charge in [-0.15, -0.1) is 0 Å². The van der Waals surface area contributed by atoms with E-state index in [1.807, 2.05) is 0 Å². The lowest BCUT2D eigenvalue weighted by molar-refractivity contribution is 0.102. The molecule has 0 bridgehead atoms. The van der Waals surface area contributed by atoms with Crippen molar-refractivity contribution in [1.82, 2.24) is 9.97 Å². The van der Waals surface area contributed by atoms with Gasteiger partial charge in [0.2, 0.25) is 5.95 Å². The summed E-state index contributed by atoms with van der Waals surface area (Å²) in [5, 5.41) is 3.62. The van der Waals surface area contributed by atoms with Crippen molar-refractivity contribution in [3.8, 4) is 0 Å². The van der Waals surface area contributed by atoms with Crippen LogP contribution in [0.4, 0.5) is 11.6 Å². The highest BCUT2D eigenvalue weighted by Crippen LogP contribution is 2.25. The number of nitrogens with one attached hydrogen (secondary N) is 1. The quantitative estimate of drug-likeness (QED) is 0.929. The fraction of sp³-hybridized carbons (Fsp3) is 0.267. The molecule has 7 heteroatoms. The Balaban J connectivity index is 1.71. The second-order valence-corrected chi connectivity index (χ2v) is 5.89. The van der Waals surface area contributed by atoms with E-state index in [1.165, 1.54) is 12.4 Å². The number of benzene rings is 1. The summed E-state index contributed by atoms with van der Waals surface area (Å²) in [7, 11) is 0. The van der Waals surface area contributed by atoms with Crippen LogP contribution in [0.5, 0.6) is 0 Å². The van der Waals surface area contributed by atoms with Crippen molar-refractivity contribution >= 4 is 40.7 Å². The van der Waals surface area contributed by atoms with Crippen LogP contribution in [0.1, 0.15) is 23.2 Å². The van der Waals surface area contributed by atoms with Crippen LogP contribution in [-0.4, -0.2) is 29.0 Å². The van der Waals surface area contributed by atoms with Gasteiger partial charge < -0.3 is 10.2 Å². The van der Waals surface area contributed by atoms with Gasteiger partial charge in [-0.2, -0.15) is 0 Å². The summed E-state index contributed by atoms with van der Waals surface area (Å²) in [6.07, 6.45) is 5.36. The van der Waals surface area contributed by atoms with Gasteiger partial charge in [0, 0.05) is 30.5 Å². The maximum absolute atomic E-state index is 12.2. The van der Waals surface area contributed by atoms with Crippen LogP contribution in [-0.2, 0) is 0 Å². The minimum atomic E-state index is -0.308. The molecule has 114 valence electrons. The van der Waals surface area contributed by atoms with Gasteiger partial charge in [0.1, 0.15) is 0 Å². The lowest BCUT2D eigenvalue weighted by Crippen LogP contribution is -2.21. The molecule has 2 aromatic rings. The zero-order valence-electron chi connectivity index (χ0n) is 11.7. The van der Waals surface area contributed by atoms with Crippen molar-refractivity contribution in [2.75, 3.05) is 23.3 Å². The number of carbonyl (C=O) groups excluding carboxylic acids is 1. The normalized spacial score (nSPS) is 14.2. The first-order chi connectivity index (χ1) is 10.6. The van der Waals surface area contributed by atoms with E-state index in [9.17, 15) is 4.79 Å². The van der Waals surface area contributed by atoms with Gasteiger partial charge >= 0.3 is 0 Å². The maximum Gasteiger partial charge on any atom is 0.258 e. The third kappa shape index (κ3) is 3.31. The highest BCUT2D eigenvalue weighted by atomic mass is 35.5. The number of aromatic nitrogens is 2. The Morgan fingerprint density at radius 1 is 1.14 bits per heavy atom. The lowest BCUT2D eigenvalue weighted by Gasteiger charge is -2.14. The standard InChI is InChI=1S/C15H14Cl2N4O/c16-11-3-4-13(12(17)7-11)20-14(22)10-8-18-15(19-9-10)21-5-1-2-6-21/h3-4,7-9H,1-2,5-6H2,(H,20,22). The Labute approximate surface area is 138 Å².